The molecule has 0 radical (unpaired) electrons. The summed E-state index contributed by atoms with van der Waals surface area (Å²) >= 11 is 0. The number of hydrogen-bond acceptors (Lipinski definition) is 4. The van der Waals surface area contributed by atoms with Crippen molar-refractivity contribution in [2.45, 2.75) is 24.0 Å². The Kier molecular flexibility index (Phi) is 3.96. The second-order valence-corrected chi connectivity index (χ2v) is 5.79. The van der Waals surface area contributed by atoms with Gasteiger partial charge in [-0.2, -0.15) is 0 Å². The van der Waals surface area contributed by atoms with E-state index in [9.17, 15) is 12.8 Å². The Morgan fingerprint density at radius 3 is 2.83 bits per heavy atom. The fourth-order valence-corrected chi connectivity index (χ4v) is 3.09. The molecular weight excluding hydrogens is 261 g/mol. The molecule has 0 saturated carbocycles. The molecule has 1 aromatic carbocycles. The zero-order valence-electron chi connectivity index (χ0n) is 9.60. The van der Waals surface area contributed by atoms with Gasteiger partial charge in [0.25, 0.3) is 0 Å². The molecule has 0 aromatic heterocycles. The molecule has 100 valence electrons. The number of nitrogens with one attached hydrogen (secondary N) is 1. The van der Waals surface area contributed by atoms with Gasteiger partial charge in [-0.25, -0.2) is 17.5 Å². The highest BCUT2D eigenvalue weighted by atomic mass is 32.2. The van der Waals surface area contributed by atoms with Gasteiger partial charge in [-0.15, -0.1) is 0 Å². The van der Waals surface area contributed by atoms with Crippen LogP contribution in [-0.4, -0.2) is 32.8 Å². The van der Waals surface area contributed by atoms with Crippen LogP contribution in [0.3, 0.4) is 0 Å². The molecule has 1 atom stereocenters. The molecule has 1 saturated heterocycles. The first-order valence-corrected chi connectivity index (χ1v) is 7.00. The lowest BCUT2D eigenvalue weighted by Gasteiger charge is -2.12. The van der Waals surface area contributed by atoms with Crippen molar-refractivity contribution in [2.24, 2.45) is 0 Å². The molecule has 0 spiro atoms. The fraction of sp³-hybridized carbons (Fsp3) is 0.455. The van der Waals surface area contributed by atoms with Crippen LogP contribution in [0.2, 0.25) is 0 Å². The Labute approximate surface area is 105 Å². The lowest BCUT2D eigenvalue weighted by molar-refractivity contribution is 0.192. The summed E-state index contributed by atoms with van der Waals surface area (Å²) in [7, 11) is -3.89. The largest absolute Gasteiger partial charge is 0.392 e. The molecule has 18 heavy (non-hydrogen) atoms. The number of sulfonamides is 1. The van der Waals surface area contributed by atoms with Crippen molar-refractivity contribution in [1.82, 2.24) is 4.72 Å². The summed E-state index contributed by atoms with van der Waals surface area (Å²) in [5.74, 6) is -0.868. The van der Waals surface area contributed by atoms with E-state index in [0.717, 1.165) is 12.1 Å². The zero-order chi connectivity index (χ0) is 13.2. The van der Waals surface area contributed by atoms with E-state index >= 15 is 0 Å². The van der Waals surface area contributed by atoms with Crippen LogP contribution in [-0.2, 0) is 21.4 Å². The van der Waals surface area contributed by atoms with Crippen molar-refractivity contribution in [3.05, 3.63) is 29.6 Å². The first-order valence-electron chi connectivity index (χ1n) is 5.52. The number of benzene rings is 1. The summed E-state index contributed by atoms with van der Waals surface area (Å²) in [5, 5.41) is 8.84. The minimum absolute atomic E-state index is 0.301. The van der Waals surface area contributed by atoms with E-state index < -0.39 is 20.7 Å². The Morgan fingerprint density at radius 1 is 1.50 bits per heavy atom. The number of aliphatic hydroxyl groups excluding tert-OH is 1. The quantitative estimate of drug-likeness (QED) is 0.833. The highest BCUT2D eigenvalue weighted by Crippen LogP contribution is 2.17. The topological polar surface area (TPSA) is 75.6 Å². The average molecular weight is 275 g/mol. The number of halogens is 1. The SMILES string of the molecule is O=S(=O)(NC1CCOC1)c1ccc(CO)cc1F. The first-order chi connectivity index (χ1) is 8.53. The molecule has 1 heterocycles. The summed E-state index contributed by atoms with van der Waals surface area (Å²) in [4.78, 5) is -0.411. The molecule has 0 bridgehead atoms. The lowest BCUT2D eigenvalue weighted by atomic mass is 10.2. The average Bonchev–Trinajstić information content (AvgIpc) is 2.80. The Balaban J connectivity index is 2.23. The highest BCUT2D eigenvalue weighted by molar-refractivity contribution is 7.89. The maximum Gasteiger partial charge on any atom is 0.243 e. The number of rotatable bonds is 4. The van der Waals surface area contributed by atoms with Crippen LogP contribution >= 0.6 is 0 Å². The highest BCUT2D eigenvalue weighted by Gasteiger charge is 2.25. The predicted molar refractivity (Wildman–Crippen MR) is 61.9 cm³/mol. The van der Waals surface area contributed by atoms with Gasteiger partial charge in [0.15, 0.2) is 0 Å². The molecule has 2 rings (SSSR count). The molecule has 1 aromatic rings. The van der Waals surface area contributed by atoms with Gasteiger partial charge in [-0.1, -0.05) is 6.07 Å². The van der Waals surface area contributed by atoms with Crippen molar-refractivity contribution < 1.29 is 22.7 Å². The molecular formula is C11H14FNO4S. The van der Waals surface area contributed by atoms with E-state index in [2.05, 4.69) is 4.72 Å². The lowest BCUT2D eigenvalue weighted by Crippen LogP contribution is -2.35. The fourth-order valence-electron chi connectivity index (χ4n) is 1.77. The van der Waals surface area contributed by atoms with Gasteiger partial charge in [0, 0.05) is 12.6 Å². The van der Waals surface area contributed by atoms with Crippen molar-refractivity contribution >= 4 is 10.0 Å². The molecule has 7 heteroatoms. The van der Waals surface area contributed by atoms with Crippen molar-refractivity contribution in [3.8, 4) is 0 Å². The Bertz CT molecular complexity index is 526. The number of aliphatic hydroxyl groups is 1. The van der Waals surface area contributed by atoms with Crippen molar-refractivity contribution in [1.29, 1.82) is 0 Å². The summed E-state index contributed by atoms with van der Waals surface area (Å²) < 4.78 is 45.0. The minimum atomic E-state index is -3.89. The summed E-state index contributed by atoms with van der Waals surface area (Å²) in [6, 6.07) is 3.23. The third-order valence-corrected chi connectivity index (χ3v) is 4.27. The van der Waals surface area contributed by atoms with E-state index in [1.54, 1.807) is 0 Å². The summed E-state index contributed by atoms with van der Waals surface area (Å²) in [6.45, 7) is 0.468. The van der Waals surface area contributed by atoms with Crippen LogP contribution < -0.4 is 4.72 Å². The molecule has 5 nitrogen and oxygen atoms in total. The van der Waals surface area contributed by atoms with Gasteiger partial charge in [0.1, 0.15) is 10.7 Å². The van der Waals surface area contributed by atoms with E-state index in [1.165, 1.54) is 6.07 Å². The second kappa shape index (κ2) is 5.31. The van der Waals surface area contributed by atoms with Gasteiger partial charge in [-0.3, -0.25) is 0 Å². The Morgan fingerprint density at radius 2 is 2.28 bits per heavy atom. The second-order valence-electron chi connectivity index (χ2n) is 4.10. The maximum absolute atomic E-state index is 13.6. The van der Waals surface area contributed by atoms with Gasteiger partial charge < -0.3 is 9.84 Å². The van der Waals surface area contributed by atoms with Gasteiger partial charge >= 0.3 is 0 Å². The normalized spacial score (nSPS) is 20.2. The van der Waals surface area contributed by atoms with Crippen LogP contribution in [0.1, 0.15) is 12.0 Å². The van der Waals surface area contributed by atoms with Gasteiger partial charge in [-0.05, 0) is 24.1 Å². The Hall–Kier alpha value is -1.02. The van der Waals surface area contributed by atoms with Crippen molar-refractivity contribution in [3.63, 3.8) is 0 Å². The van der Waals surface area contributed by atoms with Crippen LogP contribution in [0.15, 0.2) is 23.1 Å². The van der Waals surface area contributed by atoms with E-state index in [4.69, 9.17) is 9.84 Å². The molecule has 0 amide bonds. The van der Waals surface area contributed by atoms with Crippen LogP contribution in [0.5, 0.6) is 0 Å². The third-order valence-electron chi connectivity index (χ3n) is 2.72. The van der Waals surface area contributed by atoms with Gasteiger partial charge in [0.2, 0.25) is 10.0 Å². The smallest absolute Gasteiger partial charge is 0.243 e. The van der Waals surface area contributed by atoms with E-state index in [1.807, 2.05) is 0 Å². The standard InChI is InChI=1S/C11H14FNO4S/c12-10-5-8(6-14)1-2-11(10)18(15,16)13-9-3-4-17-7-9/h1-2,5,9,13-14H,3-4,6-7H2. The summed E-state index contributed by atoms with van der Waals surface area (Å²) in [6.07, 6.45) is 0.579. The first kappa shape index (κ1) is 13.4. The predicted octanol–water partition coefficient (Wildman–Crippen LogP) is 0.385. The molecule has 1 aliphatic heterocycles. The van der Waals surface area contributed by atoms with E-state index in [-0.39, 0.29) is 12.6 Å². The molecule has 1 unspecified atom stereocenters. The van der Waals surface area contributed by atoms with Crippen LogP contribution in [0, 0.1) is 5.82 Å². The van der Waals surface area contributed by atoms with Crippen molar-refractivity contribution in [2.75, 3.05) is 13.2 Å². The monoisotopic (exact) mass is 275 g/mol. The van der Waals surface area contributed by atoms with Crippen LogP contribution in [0.25, 0.3) is 0 Å². The zero-order valence-corrected chi connectivity index (χ0v) is 10.4. The molecule has 0 aliphatic carbocycles. The number of ether oxygens (including phenoxy) is 1. The van der Waals surface area contributed by atoms with Gasteiger partial charge in [0.05, 0.1) is 13.2 Å². The summed E-state index contributed by atoms with van der Waals surface area (Å²) in [5.41, 5.74) is 0.329. The maximum atomic E-state index is 13.6. The van der Waals surface area contributed by atoms with Crippen LogP contribution in [0.4, 0.5) is 4.39 Å². The van der Waals surface area contributed by atoms with E-state index in [0.29, 0.717) is 25.2 Å². The molecule has 1 fully saturated rings. The molecule has 1 aliphatic rings. The molecule has 2 N–H and O–H groups in total. The third kappa shape index (κ3) is 2.86. The minimum Gasteiger partial charge on any atom is -0.392 e. The number of hydrogen-bond donors (Lipinski definition) is 2.